The number of allylic oxidation sites excluding steroid dienone is 2. The Labute approximate surface area is 154 Å². The van der Waals surface area contributed by atoms with Gasteiger partial charge in [-0.05, 0) is 49.5 Å². The van der Waals surface area contributed by atoms with Gasteiger partial charge in [-0.3, -0.25) is 9.48 Å². The first-order valence-electron chi connectivity index (χ1n) is 9.85. The van der Waals surface area contributed by atoms with E-state index in [9.17, 15) is 4.79 Å². The average Bonchev–Trinajstić information content (AvgIpc) is 3.39. The standard InChI is InChI=1S/C22H25N3O/c26-22(18-12-16-9-10-17(18)11-16)24-20-7-4-8-21-19(20)13-23-25(21)14-15-5-2-1-3-6-15/h1-3,5-6,9-10,13,16-18,20H,4,7-8,11-12,14H2,(H,24,26)/t16-,17-,18-,20+/m1/s1. The van der Waals surface area contributed by atoms with Crippen molar-refractivity contribution >= 4 is 5.91 Å². The van der Waals surface area contributed by atoms with Crippen LogP contribution in [0.4, 0.5) is 0 Å². The van der Waals surface area contributed by atoms with E-state index < -0.39 is 0 Å². The van der Waals surface area contributed by atoms with Crippen molar-refractivity contribution in [3.8, 4) is 0 Å². The van der Waals surface area contributed by atoms with Crippen molar-refractivity contribution in [1.29, 1.82) is 0 Å². The van der Waals surface area contributed by atoms with Crippen molar-refractivity contribution in [2.45, 2.75) is 44.7 Å². The van der Waals surface area contributed by atoms with Crippen molar-refractivity contribution < 1.29 is 4.79 Å². The number of benzene rings is 1. The lowest BCUT2D eigenvalue weighted by atomic mass is 9.89. The number of aromatic nitrogens is 2. The van der Waals surface area contributed by atoms with Crippen LogP contribution in [0.5, 0.6) is 0 Å². The summed E-state index contributed by atoms with van der Waals surface area (Å²) in [5, 5.41) is 7.99. The van der Waals surface area contributed by atoms with Crippen molar-refractivity contribution in [2.75, 3.05) is 0 Å². The minimum absolute atomic E-state index is 0.124. The molecule has 3 aliphatic carbocycles. The predicted octanol–water partition coefficient (Wildman–Crippen LogP) is 3.64. The van der Waals surface area contributed by atoms with Crippen molar-refractivity contribution in [1.82, 2.24) is 15.1 Å². The van der Waals surface area contributed by atoms with Gasteiger partial charge >= 0.3 is 0 Å². The third-order valence-electron chi connectivity index (χ3n) is 6.37. The van der Waals surface area contributed by atoms with Crippen LogP contribution in [0.1, 0.15) is 48.5 Å². The van der Waals surface area contributed by atoms with E-state index in [2.05, 4.69) is 51.5 Å². The molecule has 1 aromatic heterocycles. The lowest BCUT2D eigenvalue weighted by molar-refractivity contribution is -0.126. The highest BCUT2D eigenvalue weighted by atomic mass is 16.2. The third kappa shape index (κ3) is 2.77. The maximum absolute atomic E-state index is 12.8. The van der Waals surface area contributed by atoms with E-state index in [1.807, 2.05) is 12.3 Å². The van der Waals surface area contributed by atoms with E-state index in [-0.39, 0.29) is 17.9 Å². The smallest absolute Gasteiger partial charge is 0.224 e. The number of nitrogens with one attached hydrogen (secondary N) is 1. The lowest BCUT2D eigenvalue weighted by Gasteiger charge is -2.27. The minimum atomic E-state index is 0.124. The fourth-order valence-electron chi connectivity index (χ4n) is 5.02. The Bertz CT molecular complexity index is 838. The molecule has 2 bridgehead atoms. The molecule has 26 heavy (non-hydrogen) atoms. The van der Waals surface area contributed by atoms with E-state index in [0.29, 0.717) is 11.8 Å². The molecule has 0 spiro atoms. The zero-order chi connectivity index (χ0) is 17.5. The van der Waals surface area contributed by atoms with Gasteiger partial charge in [0.15, 0.2) is 0 Å². The highest BCUT2D eigenvalue weighted by molar-refractivity contribution is 5.80. The molecule has 2 aromatic rings. The molecule has 0 unspecified atom stereocenters. The molecule has 1 saturated carbocycles. The van der Waals surface area contributed by atoms with Crippen LogP contribution in [0.3, 0.4) is 0 Å². The van der Waals surface area contributed by atoms with Gasteiger partial charge in [0.25, 0.3) is 0 Å². The molecule has 1 amide bonds. The Kier molecular flexibility index (Phi) is 3.92. The SMILES string of the molecule is O=C(N[C@H]1CCCc2c1cnn2Cc1ccccc1)[C@@H]1C[C@@H]2C=C[C@@H]1C2. The van der Waals surface area contributed by atoms with E-state index in [1.54, 1.807) is 0 Å². The molecule has 3 aliphatic rings. The largest absolute Gasteiger partial charge is 0.349 e. The summed E-state index contributed by atoms with van der Waals surface area (Å²) in [6.45, 7) is 0.800. The molecule has 5 rings (SSSR count). The molecule has 1 fully saturated rings. The van der Waals surface area contributed by atoms with Gasteiger partial charge in [-0.15, -0.1) is 0 Å². The Morgan fingerprint density at radius 3 is 2.85 bits per heavy atom. The maximum atomic E-state index is 12.8. The monoisotopic (exact) mass is 347 g/mol. The van der Waals surface area contributed by atoms with Gasteiger partial charge in [0.1, 0.15) is 0 Å². The quantitative estimate of drug-likeness (QED) is 0.859. The molecule has 1 aromatic carbocycles. The second kappa shape index (κ2) is 6.42. The van der Waals surface area contributed by atoms with Gasteiger partial charge in [0, 0.05) is 17.2 Å². The highest BCUT2D eigenvalue weighted by Crippen LogP contribution is 2.44. The van der Waals surface area contributed by atoms with Gasteiger partial charge < -0.3 is 5.32 Å². The molecule has 4 heteroatoms. The average molecular weight is 347 g/mol. The molecule has 0 saturated heterocycles. The normalized spacial score (nSPS) is 28.9. The Hall–Kier alpha value is -2.36. The van der Waals surface area contributed by atoms with E-state index in [0.717, 1.165) is 32.2 Å². The molecule has 134 valence electrons. The summed E-state index contributed by atoms with van der Waals surface area (Å²) in [6, 6.07) is 10.6. The van der Waals surface area contributed by atoms with Gasteiger partial charge in [0.05, 0.1) is 18.8 Å². The van der Waals surface area contributed by atoms with Crippen LogP contribution in [-0.4, -0.2) is 15.7 Å². The first kappa shape index (κ1) is 15.9. The maximum Gasteiger partial charge on any atom is 0.224 e. The van der Waals surface area contributed by atoms with Crippen LogP contribution in [0.15, 0.2) is 48.7 Å². The second-order valence-electron chi connectivity index (χ2n) is 8.03. The second-order valence-corrected chi connectivity index (χ2v) is 8.03. The van der Waals surface area contributed by atoms with Gasteiger partial charge in [-0.2, -0.15) is 5.10 Å². The fourth-order valence-corrected chi connectivity index (χ4v) is 5.02. The van der Waals surface area contributed by atoms with Crippen LogP contribution in [0, 0.1) is 17.8 Å². The Morgan fingerprint density at radius 2 is 2.08 bits per heavy atom. The van der Waals surface area contributed by atoms with Crippen LogP contribution in [-0.2, 0) is 17.8 Å². The number of fused-ring (bicyclic) bond motifs is 3. The lowest BCUT2D eigenvalue weighted by Crippen LogP contribution is -2.37. The Morgan fingerprint density at radius 1 is 1.19 bits per heavy atom. The fraction of sp³-hybridized carbons (Fsp3) is 0.455. The van der Waals surface area contributed by atoms with E-state index in [1.165, 1.54) is 23.2 Å². The molecule has 0 radical (unpaired) electrons. The number of hydrogen-bond acceptors (Lipinski definition) is 2. The summed E-state index contributed by atoms with van der Waals surface area (Å²) in [5.74, 6) is 1.51. The molecular weight excluding hydrogens is 322 g/mol. The van der Waals surface area contributed by atoms with E-state index >= 15 is 0 Å². The van der Waals surface area contributed by atoms with Crippen LogP contribution in [0.2, 0.25) is 0 Å². The summed E-state index contributed by atoms with van der Waals surface area (Å²) in [4.78, 5) is 12.8. The number of rotatable bonds is 4. The van der Waals surface area contributed by atoms with Crippen LogP contribution < -0.4 is 5.32 Å². The molecule has 0 aliphatic heterocycles. The summed E-state index contributed by atoms with van der Waals surface area (Å²) in [6.07, 6.45) is 11.9. The first-order chi connectivity index (χ1) is 12.8. The molecule has 4 atom stereocenters. The van der Waals surface area contributed by atoms with Gasteiger partial charge in [-0.1, -0.05) is 42.5 Å². The summed E-state index contributed by atoms with van der Waals surface area (Å²) in [7, 11) is 0. The van der Waals surface area contributed by atoms with Crippen molar-refractivity contribution in [3.63, 3.8) is 0 Å². The molecular formula is C22H25N3O. The van der Waals surface area contributed by atoms with Crippen molar-refractivity contribution in [2.24, 2.45) is 17.8 Å². The highest BCUT2D eigenvalue weighted by Gasteiger charge is 2.40. The van der Waals surface area contributed by atoms with Gasteiger partial charge in [-0.25, -0.2) is 0 Å². The van der Waals surface area contributed by atoms with Gasteiger partial charge in [0.2, 0.25) is 5.91 Å². The first-order valence-corrected chi connectivity index (χ1v) is 9.85. The number of carbonyl (C=O) groups is 1. The molecule has 1 heterocycles. The molecule has 4 nitrogen and oxygen atoms in total. The zero-order valence-corrected chi connectivity index (χ0v) is 15.0. The topological polar surface area (TPSA) is 46.9 Å². The van der Waals surface area contributed by atoms with Crippen molar-refractivity contribution in [3.05, 3.63) is 65.5 Å². The summed E-state index contributed by atoms with van der Waals surface area (Å²) >= 11 is 0. The summed E-state index contributed by atoms with van der Waals surface area (Å²) in [5.41, 5.74) is 3.77. The van der Waals surface area contributed by atoms with Crippen LogP contribution in [0.25, 0.3) is 0 Å². The third-order valence-corrected chi connectivity index (χ3v) is 6.37. The minimum Gasteiger partial charge on any atom is -0.349 e. The number of carbonyl (C=O) groups excluding carboxylic acids is 1. The Balaban J connectivity index is 1.32. The predicted molar refractivity (Wildman–Crippen MR) is 100 cm³/mol. The zero-order valence-electron chi connectivity index (χ0n) is 15.0. The summed E-state index contributed by atoms with van der Waals surface area (Å²) < 4.78 is 2.11. The molecule has 1 N–H and O–H groups in total. The number of hydrogen-bond donors (Lipinski definition) is 1. The van der Waals surface area contributed by atoms with E-state index in [4.69, 9.17) is 0 Å². The van der Waals surface area contributed by atoms with Crippen LogP contribution >= 0.6 is 0 Å². The number of nitrogens with zero attached hydrogens (tertiary/aromatic N) is 2. The number of amides is 1.